The molecule has 0 unspecified atom stereocenters. The van der Waals surface area contributed by atoms with Crippen LogP contribution in [0.5, 0.6) is 28.7 Å². The monoisotopic (exact) mass is 366 g/mol. The van der Waals surface area contributed by atoms with Crippen LogP contribution < -0.4 is 23.3 Å². The second-order valence-corrected chi connectivity index (χ2v) is 6.10. The average Bonchev–Trinajstić information content (AvgIpc) is 2.71. The molecule has 0 saturated heterocycles. The maximum absolute atomic E-state index is 10.5. The van der Waals surface area contributed by atoms with Gasteiger partial charge in [0.05, 0.1) is 33.8 Å². The third-order valence-electron chi connectivity index (χ3n) is 4.82. The van der Waals surface area contributed by atoms with Crippen molar-refractivity contribution in [3.05, 3.63) is 42.7 Å². The number of nitrogens with zero attached hydrogens (tertiary/aromatic N) is 1. The number of rotatable bonds is 4. The zero-order chi connectivity index (χ0) is 19.1. The van der Waals surface area contributed by atoms with Gasteiger partial charge in [-0.3, -0.25) is 0 Å². The molecule has 27 heavy (non-hydrogen) atoms. The van der Waals surface area contributed by atoms with Gasteiger partial charge >= 0.3 is 0 Å². The smallest absolute Gasteiger partial charge is 0.223 e. The van der Waals surface area contributed by atoms with Crippen LogP contribution in [0.1, 0.15) is 0 Å². The number of hydrogen-bond donors (Lipinski definition) is 1. The molecule has 4 rings (SSSR count). The molecule has 2 aromatic heterocycles. The van der Waals surface area contributed by atoms with Crippen molar-refractivity contribution in [1.82, 2.24) is 0 Å². The minimum absolute atomic E-state index is 0.111. The SMILES string of the molecule is COc1ccc2cc3c4c(OC)c(OC)cc(OC)c4cc[n+]3cc2c1O. The van der Waals surface area contributed by atoms with E-state index in [0.717, 1.165) is 21.7 Å². The normalized spacial score (nSPS) is 11.1. The minimum atomic E-state index is 0.111. The Labute approximate surface area is 156 Å². The molecule has 6 nitrogen and oxygen atoms in total. The van der Waals surface area contributed by atoms with Crippen LogP contribution >= 0.6 is 0 Å². The summed E-state index contributed by atoms with van der Waals surface area (Å²) in [6.07, 6.45) is 3.79. The van der Waals surface area contributed by atoms with Crippen LogP contribution in [-0.2, 0) is 0 Å². The van der Waals surface area contributed by atoms with Gasteiger partial charge in [0.25, 0.3) is 0 Å². The molecule has 0 radical (unpaired) electrons. The number of aromatic nitrogens is 1. The Morgan fingerprint density at radius 3 is 2.19 bits per heavy atom. The molecule has 0 aliphatic carbocycles. The number of phenolic OH excluding ortho intramolecular Hbond substituents is 1. The summed E-state index contributed by atoms with van der Waals surface area (Å²) in [5, 5.41) is 13.8. The van der Waals surface area contributed by atoms with E-state index >= 15 is 0 Å². The molecule has 0 aliphatic heterocycles. The summed E-state index contributed by atoms with van der Waals surface area (Å²) in [6.45, 7) is 0. The Balaban J connectivity index is 2.20. The molecule has 0 aliphatic rings. The molecule has 1 N–H and O–H groups in total. The van der Waals surface area contributed by atoms with Crippen molar-refractivity contribution in [3.8, 4) is 28.7 Å². The number of pyridine rings is 2. The summed E-state index contributed by atoms with van der Waals surface area (Å²) in [5.41, 5.74) is 0.901. The lowest BCUT2D eigenvalue weighted by Crippen LogP contribution is -2.21. The van der Waals surface area contributed by atoms with Gasteiger partial charge in [0.1, 0.15) is 11.1 Å². The molecule has 0 bridgehead atoms. The van der Waals surface area contributed by atoms with Gasteiger partial charge in [-0.25, -0.2) is 0 Å². The van der Waals surface area contributed by atoms with Crippen molar-refractivity contribution in [2.24, 2.45) is 0 Å². The van der Waals surface area contributed by atoms with E-state index in [2.05, 4.69) is 0 Å². The number of phenols is 1. The molecule has 0 spiro atoms. The first-order valence-corrected chi connectivity index (χ1v) is 8.39. The van der Waals surface area contributed by atoms with Crippen molar-refractivity contribution in [3.63, 3.8) is 0 Å². The topological polar surface area (TPSA) is 61.2 Å². The van der Waals surface area contributed by atoms with E-state index in [9.17, 15) is 5.11 Å². The quantitative estimate of drug-likeness (QED) is 0.340. The van der Waals surface area contributed by atoms with E-state index in [0.29, 0.717) is 28.4 Å². The molecular weight excluding hydrogens is 346 g/mol. The van der Waals surface area contributed by atoms with Crippen molar-refractivity contribution < 1.29 is 28.5 Å². The maximum atomic E-state index is 10.5. The summed E-state index contributed by atoms with van der Waals surface area (Å²) < 4.78 is 23.9. The lowest BCUT2D eigenvalue weighted by molar-refractivity contribution is -0.509. The van der Waals surface area contributed by atoms with Gasteiger partial charge in [0.2, 0.25) is 5.52 Å². The van der Waals surface area contributed by atoms with Gasteiger partial charge in [0.15, 0.2) is 35.4 Å². The highest BCUT2D eigenvalue weighted by Crippen LogP contribution is 2.43. The lowest BCUT2D eigenvalue weighted by atomic mass is 10.0. The van der Waals surface area contributed by atoms with E-state index in [1.54, 1.807) is 27.4 Å². The number of aromatic hydroxyl groups is 1. The van der Waals surface area contributed by atoms with Crippen LogP contribution in [0.4, 0.5) is 0 Å². The highest BCUT2D eigenvalue weighted by molar-refractivity contribution is 6.06. The molecule has 4 aromatic rings. The van der Waals surface area contributed by atoms with E-state index in [1.165, 1.54) is 7.11 Å². The van der Waals surface area contributed by atoms with Crippen molar-refractivity contribution in [1.29, 1.82) is 0 Å². The molecular formula is C21H20NO5+. The van der Waals surface area contributed by atoms with Gasteiger partial charge < -0.3 is 24.1 Å². The van der Waals surface area contributed by atoms with E-state index in [-0.39, 0.29) is 5.75 Å². The highest BCUT2D eigenvalue weighted by atomic mass is 16.5. The van der Waals surface area contributed by atoms with E-state index in [4.69, 9.17) is 18.9 Å². The van der Waals surface area contributed by atoms with E-state index in [1.807, 2.05) is 41.1 Å². The second kappa shape index (κ2) is 6.39. The molecule has 138 valence electrons. The Morgan fingerprint density at radius 1 is 0.778 bits per heavy atom. The zero-order valence-electron chi connectivity index (χ0n) is 15.6. The van der Waals surface area contributed by atoms with Crippen LogP contribution in [-0.4, -0.2) is 33.5 Å². The third-order valence-corrected chi connectivity index (χ3v) is 4.82. The van der Waals surface area contributed by atoms with Gasteiger partial charge in [0, 0.05) is 23.6 Å². The fraction of sp³-hybridized carbons (Fsp3) is 0.190. The maximum Gasteiger partial charge on any atom is 0.223 e. The summed E-state index contributed by atoms with van der Waals surface area (Å²) in [7, 11) is 6.38. The first kappa shape index (κ1) is 17.0. The van der Waals surface area contributed by atoms with Crippen LogP contribution in [0.3, 0.4) is 0 Å². The van der Waals surface area contributed by atoms with Crippen molar-refractivity contribution in [2.45, 2.75) is 0 Å². The fourth-order valence-electron chi connectivity index (χ4n) is 3.51. The first-order chi connectivity index (χ1) is 13.1. The van der Waals surface area contributed by atoms with Crippen molar-refractivity contribution in [2.75, 3.05) is 28.4 Å². The summed E-state index contributed by atoms with van der Waals surface area (Å²) in [5.74, 6) is 2.46. The summed E-state index contributed by atoms with van der Waals surface area (Å²) >= 11 is 0. The second-order valence-electron chi connectivity index (χ2n) is 6.10. The minimum Gasteiger partial charge on any atom is -0.504 e. The number of fused-ring (bicyclic) bond motifs is 4. The average molecular weight is 366 g/mol. The van der Waals surface area contributed by atoms with Gasteiger partial charge in [-0.15, -0.1) is 0 Å². The fourth-order valence-corrected chi connectivity index (χ4v) is 3.51. The van der Waals surface area contributed by atoms with Gasteiger partial charge in [-0.1, -0.05) is 0 Å². The largest absolute Gasteiger partial charge is 0.504 e. The predicted molar refractivity (Wildman–Crippen MR) is 102 cm³/mol. The first-order valence-electron chi connectivity index (χ1n) is 8.39. The third kappa shape index (κ3) is 2.44. The van der Waals surface area contributed by atoms with E-state index < -0.39 is 0 Å². The molecule has 0 fully saturated rings. The van der Waals surface area contributed by atoms with Gasteiger partial charge in [-0.05, 0) is 17.5 Å². The molecule has 2 aromatic carbocycles. The predicted octanol–water partition coefficient (Wildman–Crippen LogP) is 3.47. The number of methoxy groups -OCH3 is 4. The Kier molecular flexibility index (Phi) is 4.03. The molecule has 0 amide bonds. The summed E-state index contributed by atoms with van der Waals surface area (Å²) in [6, 6.07) is 9.42. The number of ether oxygens (including phenoxy) is 4. The molecule has 6 heteroatoms. The lowest BCUT2D eigenvalue weighted by Gasteiger charge is -2.14. The Morgan fingerprint density at radius 2 is 1.52 bits per heavy atom. The van der Waals surface area contributed by atoms with Crippen molar-refractivity contribution >= 4 is 27.1 Å². The van der Waals surface area contributed by atoms with Gasteiger partial charge in [-0.2, -0.15) is 4.40 Å². The highest BCUT2D eigenvalue weighted by Gasteiger charge is 2.22. The van der Waals surface area contributed by atoms with Crippen LogP contribution in [0.2, 0.25) is 0 Å². The number of benzene rings is 2. The Bertz CT molecular complexity index is 1190. The van der Waals surface area contributed by atoms with Crippen LogP contribution in [0, 0.1) is 0 Å². The number of hydrogen-bond acceptors (Lipinski definition) is 5. The molecule has 0 atom stereocenters. The molecule has 2 heterocycles. The Hall–Kier alpha value is -3.41. The summed E-state index contributed by atoms with van der Waals surface area (Å²) in [4.78, 5) is 0. The zero-order valence-corrected chi connectivity index (χ0v) is 15.6. The van der Waals surface area contributed by atoms with Crippen LogP contribution in [0.25, 0.3) is 27.1 Å². The standard InChI is InChI=1S/C21H19NO5/c1-24-16-6-5-12-9-15-19-13(7-8-22(15)11-14(12)20(16)23)17(25-2)10-18(26-3)21(19)27-4/h5-11H,1-4H3/p+1. The molecule has 0 saturated carbocycles. The van der Waals surface area contributed by atoms with Crippen LogP contribution in [0.15, 0.2) is 42.7 Å².